The van der Waals surface area contributed by atoms with Crippen molar-refractivity contribution in [1.29, 1.82) is 0 Å². The quantitative estimate of drug-likeness (QED) is 0.839. The largest absolute Gasteiger partial charge is 0.350 e. The molecule has 1 aliphatic rings. The summed E-state index contributed by atoms with van der Waals surface area (Å²) in [6.07, 6.45) is 7.74. The van der Waals surface area contributed by atoms with Crippen LogP contribution < -0.4 is 5.32 Å². The highest BCUT2D eigenvalue weighted by Crippen LogP contribution is 2.19. The molecule has 0 aromatic carbocycles. The number of hydrogen-bond acceptors (Lipinski definition) is 2. The van der Waals surface area contributed by atoms with Gasteiger partial charge in [-0.15, -0.1) is 0 Å². The van der Waals surface area contributed by atoms with Gasteiger partial charge in [0.25, 0.3) is 0 Å². The molecule has 0 aliphatic heterocycles. The molecule has 0 atom stereocenters. The standard InChI is InChI=1S/C14H20N4/c1-17-13(6-8-16-17)7-10-18-9-2-3-14(18)11-15-12-4-5-12/h2-3,6,8-9,12,15H,4-5,7,10-11H2,1H3. The summed E-state index contributed by atoms with van der Waals surface area (Å²) in [5, 5.41) is 7.77. The van der Waals surface area contributed by atoms with Gasteiger partial charge < -0.3 is 9.88 Å². The maximum absolute atomic E-state index is 4.20. The lowest BCUT2D eigenvalue weighted by Crippen LogP contribution is -2.18. The van der Waals surface area contributed by atoms with Gasteiger partial charge in [0.15, 0.2) is 0 Å². The summed E-state index contributed by atoms with van der Waals surface area (Å²) < 4.78 is 4.29. The van der Waals surface area contributed by atoms with Gasteiger partial charge in [-0.1, -0.05) is 0 Å². The summed E-state index contributed by atoms with van der Waals surface area (Å²) in [5.74, 6) is 0. The Morgan fingerprint density at radius 3 is 2.94 bits per heavy atom. The van der Waals surface area contributed by atoms with E-state index in [0.717, 1.165) is 25.6 Å². The molecular weight excluding hydrogens is 224 g/mol. The van der Waals surface area contributed by atoms with Crippen LogP contribution >= 0.6 is 0 Å². The van der Waals surface area contributed by atoms with E-state index in [4.69, 9.17) is 0 Å². The lowest BCUT2D eigenvalue weighted by molar-refractivity contribution is 0.589. The molecule has 1 aliphatic carbocycles. The second kappa shape index (κ2) is 4.98. The molecular formula is C14H20N4. The van der Waals surface area contributed by atoms with Gasteiger partial charge >= 0.3 is 0 Å². The number of nitrogens with one attached hydrogen (secondary N) is 1. The molecule has 1 fully saturated rings. The van der Waals surface area contributed by atoms with Gasteiger partial charge in [-0.25, -0.2) is 0 Å². The Hall–Kier alpha value is -1.55. The van der Waals surface area contributed by atoms with Gasteiger partial charge in [0, 0.05) is 56.4 Å². The van der Waals surface area contributed by atoms with E-state index in [2.05, 4.69) is 39.4 Å². The molecule has 1 N–H and O–H groups in total. The van der Waals surface area contributed by atoms with Gasteiger partial charge in [0.1, 0.15) is 0 Å². The highest BCUT2D eigenvalue weighted by Gasteiger charge is 2.20. The van der Waals surface area contributed by atoms with Gasteiger partial charge in [-0.2, -0.15) is 5.10 Å². The molecule has 0 unspecified atom stereocenters. The number of aryl methyl sites for hydroxylation is 3. The van der Waals surface area contributed by atoms with Crippen molar-refractivity contribution >= 4 is 0 Å². The first-order valence-electron chi connectivity index (χ1n) is 6.67. The third-order valence-electron chi connectivity index (χ3n) is 3.60. The number of aromatic nitrogens is 3. The predicted molar refractivity (Wildman–Crippen MR) is 71.2 cm³/mol. The van der Waals surface area contributed by atoms with E-state index in [1.165, 1.54) is 24.2 Å². The number of nitrogens with zero attached hydrogens (tertiary/aromatic N) is 3. The summed E-state index contributed by atoms with van der Waals surface area (Å²) in [6, 6.07) is 7.20. The molecule has 4 nitrogen and oxygen atoms in total. The minimum absolute atomic E-state index is 0.769. The van der Waals surface area contributed by atoms with E-state index in [1.54, 1.807) is 0 Å². The summed E-state index contributed by atoms with van der Waals surface area (Å²) in [6.45, 7) is 2.01. The molecule has 1 saturated carbocycles. The van der Waals surface area contributed by atoms with Gasteiger partial charge in [-0.3, -0.25) is 4.68 Å². The second-order valence-corrected chi connectivity index (χ2v) is 5.04. The van der Waals surface area contributed by atoms with Crippen molar-refractivity contribution in [2.75, 3.05) is 0 Å². The molecule has 0 radical (unpaired) electrons. The van der Waals surface area contributed by atoms with E-state index in [0.29, 0.717) is 0 Å². The van der Waals surface area contributed by atoms with Crippen molar-refractivity contribution in [3.05, 3.63) is 42.0 Å². The SMILES string of the molecule is Cn1nccc1CCn1cccc1CNC1CC1. The van der Waals surface area contributed by atoms with E-state index in [9.17, 15) is 0 Å². The topological polar surface area (TPSA) is 34.8 Å². The maximum atomic E-state index is 4.20. The molecule has 0 bridgehead atoms. The highest BCUT2D eigenvalue weighted by atomic mass is 15.3. The van der Waals surface area contributed by atoms with E-state index < -0.39 is 0 Å². The zero-order chi connectivity index (χ0) is 12.4. The van der Waals surface area contributed by atoms with Crippen LogP contribution in [0.4, 0.5) is 0 Å². The Bertz CT molecular complexity index is 507. The molecule has 0 amide bonds. The predicted octanol–water partition coefficient (Wildman–Crippen LogP) is 1.72. The van der Waals surface area contributed by atoms with Crippen molar-refractivity contribution in [3.8, 4) is 0 Å². The second-order valence-electron chi connectivity index (χ2n) is 5.04. The molecule has 0 saturated heterocycles. The first-order chi connectivity index (χ1) is 8.83. The minimum Gasteiger partial charge on any atom is -0.350 e. The molecule has 96 valence electrons. The Labute approximate surface area is 108 Å². The minimum atomic E-state index is 0.769. The van der Waals surface area contributed by atoms with E-state index in [1.807, 2.05) is 17.9 Å². The van der Waals surface area contributed by atoms with Gasteiger partial charge in [0.2, 0.25) is 0 Å². The molecule has 3 rings (SSSR count). The fourth-order valence-corrected chi connectivity index (χ4v) is 2.25. The van der Waals surface area contributed by atoms with E-state index >= 15 is 0 Å². The molecule has 18 heavy (non-hydrogen) atoms. The van der Waals surface area contributed by atoms with Crippen molar-refractivity contribution in [3.63, 3.8) is 0 Å². The van der Waals surface area contributed by atoms with Crippen molar-refractivity contribution < 1.29 is 0 Å². The highest BCUT2D eigenvalue weighted by molar-refractivity contribution is 5.09. The fraction of sp³-hybridized carbons (Fsp3) is 0.500. The number of rotatable bonds is 6. The molecule has 2 aromatic rings. The Morgan fingerprint density at radius 1 is 1.33 bits per heavy atom. The van der Waals surface area contributed by atoms with Crippen LogP contribution in [0.5, 0.6) is 0 Å². The monoisotopic (exact) mass is 244 g/mol. The van der Waals surface area contributed by atoms with E-state index in [-0.39, 0.29) is 0 Å². The fourth-order valence-electron chi connectivity index (χ4n) is 2.25. The maximum Gasteiger partial charge on any atom is 0.0492 e. The first-order valence-corrected chi connectivity index (χ1v) is 6.67. The summed E-state index contributed by atoms with van der Waals surface area (Å²) >= 11 is 0. The Balaban J connectivity index is 1.58. The number of hydrogen-bond donors (Lipinski definition) is 1. The van der Waals surface area contributed by atoms with Crippen LogP contribution in [0.3, 0.4) is 0 Å². The summed E-state index contributed by atoms with van der Waals surface area (Å²) in [5.41, 5.74) is 2.66. The van der Waals surface area contributed by atoms with Crippen molar-refractivity contribution in [2.45, 2.75) is 38.4 Å². The normalized spacial score (nSPS) is 15.2. The molecule has 0 spiro atoms. The van der Waals surface area contributed by atoms with Crippen molar-refractivity contribution in [2.24, 2.45) is 7.05 Å². The lowest BCUT2D eigenvalue weighted by atomic mass is 10.3. The Morgan fingerprint density at radius 2 is 2.22 bits per heavy atom. The molecule has 4 heteroatoms. The zero-order valence-electron chi connectivity index (χ0n) is 10.8. The zero-order valence-corrected chi connectivity index (χ0v) is 10.8. The third-order valence-corrected chi connectivity index (χ3v) is 3.60. The summed E-state index contributed by atoms with van der Waals surface area (Å²) in [4.78, 5) is 0. The van der Waals surface area contributed by atoms with Gasteiger partial charge in [-0.05, 0) is 31.0 Å². The van der Waals surface area contributed by atoms with Crippen LogP contribution in [0.2, 0.25) is 0 Å². The molecule has 2 aromatic heterocycles. The lowest BCUT2D eigenvalue weighted by Gasteiger charge is -2.10. The van der Waals surface area contributed by atoms with Crippen LogP contribution in [-0.4, -0.2) is 20.4 Å². The van der Waals surface area contributed by atoms with Crippen LogP contribution in [-0.2, 0) is 26.6 Å². The Kier molecular flexibility index (Phi) is 3.19. The van der Waals surface area contributed by atoms with Crippen LogP contribution in [0, 0.1) is 0 Å². The first kappa shape index (κ1) is 11.5. The average Bonchev–Trinajstić information content (AvgIpc) is 2.94. The smallest absolute Gasteiger partial charge is 0.0492 e. The van der Waals surface area contributed by atoms with Gasteiger partial charge in [0.05, 0.1) is 0 Å². The average molecular weight is 244 g/mol. The third kappa shape index (κ3) is 2.64. The molecule has 2 heterocycles. The van der Waals surface area contributed by atoms with Crippen LogP contribution in [0.1, 0.15) is 24.2 Å². The summed E-state index contributed by atoms with van der Waals surface area (Å²) in [7, 11) is 2.00. The van der Waals surface area contributed by atoms with Crippen molar-refractivity contribution in [1.82, 2.24) is 19.7 Å². The van der Waals surface area contributed by atoms with Crippen LogP contribution in [0.25, 0.3) is 0 Å². The van der Waals surface area contributed by atoms with Crippen LogP contribution in [0.15, 0.2) is 30.6 Å².